The number of rotatable bonds is 10. The first kappa shape index (κ1) is 31.6. The summed E-state index contributed by atoms with van der Waals surface area (Å²) in [4.78, 5) is 30.1. The summed E-state index contributed by atoms with van der Waals surface area (Å²) in [6.07, 6.45) is 7.11. The first-order valence-electron chi connectivity index (χ1n) is 12.5. The van der Waals surface area contributed by atoms with Crippen LogP contribution in [0.3, 0.4) is 0 Å². The lowest BCUT2D eigenvalue weighted by Crippen LogP contribution is -2.49. The highest BCUT2D eigenvalue weighted by atomic mass is 16.5. The molecule has 0 aromatic heterocycles. The fourth-order valence-corrected chi connectivity index (χ4v) is 3.91. The van der Waals surface area contributed by atoms with Crippen molar-refractivity contribution in [3.05, 3.63) is 70.9 Å². The number of allylic oxidation sites excluding steroid dienone is 5. The molecule has 2 amide bonds. The minimum Gasteiger partial charge on any atom is -0.399 e. The van der Waals surface area contributed by atoms with E-state index in [9.17, 15) is 9.59 Å². The number of aliphatic imine (C=N–C) groups is 1. The van der Waals surface area contributed by atoms with Crippen LogP contribution < -0.4 is 21.8 Å². The first-order valence-corrected chi connectivity index (χ1v) is 12.5. The van der Waals surface area contributed by atoms with Gasteiger partial charge in [0.1, 0.15) is 5.82 Å². The Labute approximate surface area is 222 Å². The van der Waals surface area contributed by atoms with Crippen LogP contribution in [0.4, 0.5) is 0 Å². The van der Waals surface area contributed by atoms with E-state index in [1.54, 1.807) is 25.4 Å². The average molecular weight is 512 g/mol. The third-order valence-corrected chi connectivity index (χ3v) is 7.16. The molecule has 0 aromatic rings. The second-order valence-electron chi connectivity index (χ2n) is 10.8. The van der Waals surface area contributed by atoms with Crippen LogP contribution in [-0.2, 0) is 9.59 Å². The van der Waals surface area contributed by atoms with E-state index in [1.165, 1.54) is 0 Å². The first-order chi connectivity index (χ1) is 17.1. The molecule has 0 spiro atoms. The van der Waals surface area contributed by atoms with Crippen molar-refractivity contribution in [3.8, 4) is 0 Å². The normalized spacial score (nSPS) is 18.1. The number of hydrogen-bond acceptors (Lipinski definition) is 6. The molecule has 1 heterocycles. The molecule has 8 nitrogen and oxygen atoms in total. The Hall–Kier alpha value is -3.39. The second kappa shape index (κ2) is 13.2. The van der Waals surface area contributed by atoms with Gasteiger partial charge in [-0.3, -0.25) is 14.8 Å². The van der Waals surface area contributed by atoms with Gasteiger partial charge in [-0.2, -0.15) is 0 Å². The van der Waals surface area contributed by atoms with Gasteiger partial charge in [-0.1, -0.05) is 52.5 Å². The van der Waals surface area contributed by atoms with Crippen LogP contribution in [0, 0.1) is 10.8 Å². The van der Waals surface area contributed by atoms with Crippen LogP contribution >= 0.6 is 0 Å². The van der Waals surface area contributed by atoms with E-state index in [0.717, 1.165) is 22.4 Å². The maximum Gasteiger partial charge on any atom is 0.251 e. The minimum absolute atomic E-state index is 0.194. The van der Waals surface area contributed by atoms with Gasteiger partial charge in [0.2, 0.25) is 5.91 Å². The van der Waals surface area contributed by atoms with Gasteiger partial charge in [0.15, 0.2) is 0 Å². The van der Waals surface area contributed by atoms with Crippen LogP contribution in [0.15, 0.2) is 75.9 Å². The molecule has 0 saturated heterocycles. The number of nitrogens with zero attached hydrogens (tertiary/aromatic N) is 1. The Morgan fingerprint density at radius 3 is 2.30 bits per heavy atom. The molecule has 0 aromatic carbocycles. The van der Waals surface area contributed by atoms with Crippen LogP contribution in [-0.4, -0.2) is 29.3 Å². The summed E-state index contributed by atoms with van der Waals surface area (Å²) in [5.74, 6) is 0.0399. The number of amides is 2. The summed E-state index contributed by atoms with van der Waals surface area (Å²) in [6, 6.07) is 0. The Balaban J connectivity index is 3.13. The summed E-state index contributed by atoms with van der Waals surface area (Å²) in [6.45, 7) is 23.4. The third kappa shape index (κ3) is 8.32. The lowest BCUT2D eigenvalue weighted by molar-refractivity contribution is -0.144. The molecule has 0 radical (unpaired) electrons. The Morgan fingerprint density at radius 2 is 1.78 bits per heavy atom. The van der Waals surface area contributed by atoms with E-state index in [2.05, 4.69) is 23.8 Å². The zero-order chi connectivity index (χ0) is 28.6. The van der Waals surface area contributed by atoms with Gasteiger partial charge in [-0.15, -0.1) is 0 Å². The fourth-order valence-electron chi connectivity index (χ4n) is 3.91. The van der Waals surface area contributed by atoms with Crippen LogP contribution in [0.25, 0.3) is 0 Å². The van der Waals surface area contributed by atoms with Crippen molar-refractivity contribution >= 4 is 17.5 Å². The highest BCUT2D eigenvalue weighted by Crippen LogP contribution is 2.38. The number of nitrogens with two attached hydrogens (primary N) is 1. The molecule has 0 saturated carbocycles. The van der Waals surface area contributed by atoms with Gasteiger partial charge in [0.05, 0.1) is 5.41 Å². The van der Waals surface area contributed by atoms with Gasteiger partial charge in [-0.25, -0.2) is 10.5 Å². The van der Waals surface area contributed by atoms with Crippen LogP contribution in [0.2, 0.25) is 0 Å². The Morgan fingerprint density at radius 1 is 1.16 bits per heavy atom. The van der Waals surface area contributed by atoms with Crippen molar-refractivity contribution < 1.29 is 14.8 Å². The van der Waals surface area contributed by atoms with E-state index < -0.39 is 16.7 Å². The molecular formula is C29H45N5O3. The summed E-state index contributed by atoms with van der Waals surface area (Å²) in [7, 11) is 0. The average Bonchev–Trinajstić information content (AvgIpc) is 2.89. The quantitative estimate of drug-likeness (QED) is 0.161. The number of carbonyl (C=O) groups excluding carboxylic acids is 2. The molecule has 8 heteroatoms. The third-order valence-electron chi connectivity index (χ3n) is 7.16. The standard InChI is InChI=1S/C29H45N5O3/c1-11-23(20(5)25(18(2)3)21(6)30)33-26(35)22-13-12-14-24(32-19(4)15-16-22)31-17-28(7,8)29(9,10)27(36)34-37/h11,13-14,31,37H,1,6,12,15-17,30H2,2-5,7-10H3,(H,33,35)(H,34,36)/b22-13+,23-20+,24-14?,32-19-. The van der Waals surface area contributed by atoms with E-state index in [1.807, 2.05) is 53.7 Å². The minimum atomic E-state index is -0.826. The summed E-state index contributed by atoms with van der Waals surface area (Å²) in [5, 5.41) is 15.4. The van der Waals surface area contributed by atoms with Crippen molar-refractivity contribution in [2.75, 3.05) is 6.54 Å². The monoisotopic (exact) mass is 511 g/mol. The summed E-state index contributed by atoms with van der Waals surface area (Å²) >= 11 is 0. The fraction of sp³-hybridized carbons (Fsp3) is 0.483. The number of carbonyl (C=O) groups is 2. The molecule has 0 aliphatic carbocycles. The number of nitrogens with one attached hydrogen (secondary N) is 3. The van der Waals surface area contributed by atoms with Crippen molar-refractivity contribution in [2.24, 2.45) is 21.6 Å². The van der Waals surface area contributed by atoms with Crippen molar-refractivity contribution in [1.82, 2.24) is 16.1 Å². The summed E-state index contributed by atoms with van der Waals surface area (Å²) in [5.41, 5.74) is 11.6. The van der Waals surface area contributed by atoms with Crippen molar-refractivity contribution in [1.29, 1.82) is 0 Å². The van der Waals surface area contributed by atoms with Gasteiger partial charge < -0.3 is 16.4 Å². The topological polar surface area (TPSA) is 129 Å². The molecule has 1 aliphatic rings. The van der Waals surface area contributed by atoms with Gasteiger partial charge in [0.25, 0.3) is 5.91 Å². The highest BCUT2D eigenvalue weighted by Gasteiger charge is 2.43. The molecule has 1 aliphatic heterocycles. The molecule has 0 fully saturated rings. The van der Waals surface area contributed by atoms with E-state index in [-0.39, 0.29) is 5.91 Å². The second-order valence-corrected chi connectivity index (χ2v) is 10.8. The molecular weight excluding hydrogens is 466 g/mol. The Kier molecular flexibility index (Phi) is 11.3. The predicted octanol–water partition coefficient (Wildman–Crippen LogP) is 4.93. The lowest BCUT2D eigenvalue weighted by atomic mass is 9.67. The van der Waals surface area contributed by atoms with Gasteiger partial charge in [-0.05, 0) is 70.1 Å². The summed E-state index contributed by atoms with van der Waals surface area (Å²) < 4.78 is 0. The van der Waals surface area contributed by atoms with Crippen molar-refractivity contribution in [3.63, 3.8) is 0 Å². The SMILES string of the molecule is C=C/C(NC(=O)/C1=C/CC=C(NCC(C)(C)C(C)(C)C(=O)NO)/N=C(/C)CC1)=C(/C)C(C(=C)N)=C(C)C. The Bertz CT molecular complexity index is 1080. The van der Waals surface area contributed by atoms with E-state index in [0.29, 0.717) is 48.6 Å². The highest BCUT2D eigenvalue weighted by molar-refractivity contribution is 5.96. The van der Waals surface area contributed by atoms with Crippen LogP contribution in [0.1, 0.15) is 74.7 Å². The smallest absolute Gasteiger partial charge is 0.251 e. The zero-order valence-electron chi connectivity index (χ0n) is 23.8. The predicted molar refractivity (Wildman–Crippen MR) is 151 cm³/mol. The molecule has 1 rings (SSSR count). The van der Waals surface area contributed by atoms with E-state index in [4.69, 9.17) is 15.9 Å². The van der Waals surface area contributed by atoms with Crippen molar-refractivity contribution in [2.45, 2.75) is 74.7 Å². The van der Waals surface area contributed by atoms with Gasteiger partial charge >= 0.3 is 0 Å². The molecule has 0 atom stereocenters. The zero-order valence-corrected chi connectivity index (χ0v) is 23.8. The number of hydrogen-bond donors (Lipinski definition) is 5. The molecule has 6 N–H and O–H groups in total. The largest absolute Gasteiger partial charge is 0.399 e. The molecule has 0 bridgehead atoms. The lowest BCUT2D eigenvalue weighted by Gasteiger charge is -2.39. The maximum absolute atomic E-state index is 13.2. The van der Waals surface area contributed by atoms with Crippen LogP contribution in [0.5, 0.6) is 0 Å². The molecule has 0 unspecified atom stereocenters. The number of hydroxylamine groups is 1. The molecule has 204 valence electrons. The van der Waals surface area contributed by atoms with E-state index >= 15 is 0 Å². The van der Waals surface area contributed by atoms with Gasteiger partial charge in [0, 0.05) is 34.8 Å². The maximum atomic E-state index is 13.2. The molecule has 37 heavy (non-hydrogen) atoms.